The third-order valence-corrected chi connectivity index (χ3v) is 4.77. The minimum Gasteiger partial charge on any atom is -0.383 e. The molecule has 0 amide bonds. The summed E-state index contributed by atoms with van der Waals surface area (Å²) in [5.41, 5.74) is -18.6. The van der Waals surface area contributed by atoms with Crippen LogP contribution in [0.3, 0.4) is 0 Å². The lowest BCUT2D eigenvalue weighted by atomic mass is 9.45. The number of hydrogen-bond acceptors (Lipinski definition) is 1. The molecule has 0 unspecified atom stereocenters. The van der Waals surface area contributed by atoms with Gasteiger partial charge in [-0.1, -0.05) is 0 Å². The van der Waals surface area contributed by atoms with Crippen molar-refractivity contribution in [3.05, 3.63) is 0 Å². The molecule has 4 rings (SSSR count). The van der Waals surface area contributed by atoms with Crippen molar-refractivity contribution >= 4 is 0 Å². The van der Waals surface area contributed by atoms with Gasteiger partial charge in [-0.15, -0.1) is 0 Å². The SMILES string of the molecule is O[C@]12C[C@]3(F)C[C@](F)(C1(F)F)C(F)(F)[C@](F)(C2)C3(F)F. The number of aliphatic hydroxyl groups is 1. The van der Waals surface area contributed by atoms with Crippen molar-refractivity contribution in [2.24, 2.45) is 0 Å². The number of halogens is 9. The summed E-state index contributed by atoms with van der Waals surface area (Å²) < 4.78 is 124. The summed E-state index contributed by atoms with van der Waals surface area (Å²) in [6, 6.07) is 0. The van der Waals surface area contributed by atoms with Gasteiger partial charge in [0.25, 0.3) is 0 Å². The highest BCUT2D eigenvalue weighted by molar-refractivity contribution is 5.39. The van der Waals surface area contributed by atoms with Crippen molar-refractivity contribution in [1.29, 1.82) is 0 Å². The average molecular weight is 314 g/mol. The van der Waals surface area contributed by atoms with Crippen molar-refractivity contribution in [2.45, 2.75) is 59.6 Å². The van der Waals surface area contributed by atoms with Crippen LogP contribution in [0, 0.1) is 0 Å². The Morgan fingerprint density at radius 1 is 0.550 bits per heavy atom. The second-order valence-corrected chi connectivity index (χ2v) is 5.85. The van der Waals surface area contributed by atoms with Gasteiger partial charge in [0.2, 0.25) is 11.3 Å². The fraction of sp³-hybridized carbons (Fsp3) is 1.00. The molecule has 0 saturated heterocycles. The van der Waals surface area contributed by atoms with Crippen LogP contribution >= 0.6 is 0 Å². The molecule has 0 radical (unpaired) electrons. The van der Waals surface area contributed by atoms with Crippen LogP contribution in [0.25, 0.3) is 0 Å². The van der Waals surface area contributed by atoms with Gasteiger partial charge in [-0.25, -0.2) is 13.2 Å². The first-order valence-corrected chi connectivity index (χ1v) is 5.55. The number of rotatable bonds is 0. The minimum absolute atomic E-state index is 2.01. The van der Waals surface area contributed by atoms with E-state index < -0.39 is 59.6 Å². The Kier molecular flexibility index (Phi) is 2.00. The van der Waals surface area contributed by atoms with E-state index in [1.165, 1.54) is 0 Å². The van der Waals surface area contributed by atoms with Crippen molar-refractivity contribution in [1.82, 2.24) is 0 Å². The third kappa shape index (κ3) is 0.908. The highest BCUT2D eigenvalue weighted by atomic mass is 19.3. The van der Waals surface area contributed by atoms with Gasteiger partial charge in [-0.3, -0.25) is 0 Å². The Hall–Kier alpha value is -0.670. The van der Waals surface area contributed by atoms with E-state index in [0.29, 0.717) is 0 Å². The highest BCUT2D eigenvalue weighted by Gasteiger charge is 3.01. The fourth-order valence-electron chi connectivity index (χ4n) is 3.70. The van der Waals surface area contributed by atoms with Crippen LogP contribution in [-0.2, 0) is 0 Å². The van der Waals surface area contributed by atoms with E-state index in [1.807, 2.05) is 0 Å². The Morgan fingerprint density at radius 3 is 1.50 bits per heavy atom. The lowest BCUT2D eigenvalue weighted by molar-refractivity contribution is -0.481. The van der Waals surface area contributed by atoms with E-state index in [2.05, 4.69) is 0 Å². The van der Waals surface area contributed by atoms with Crippen LogP contribution in [0.15, 0.2) is 0 Å². The smallest absolute Gasteiger partial charge is 0.327 e. The number of hydrogen-bond donors (Lipinski definition) is 1. The summed E-state index contributed by atoms with van der Waals surface area (Å²) in [5, 5.41) is 9.45. The monoisotopic (exact) mass is 314 g/mol. The van der Waals surface area contributed by atoms with Crippen LogP contribution in [0.4, 0.5) is 39.5 Å². The largest absolute Gasteiger partial charge is 0.383 e. The molecule has 0 aromatic carbocycles. The molecular weight excluding hydrogens is 307 g/mol. The van der Waals surface area contributed by atoms with Crippen molar-refractivity contribution in [3.8, 4) is 0 Å². The molecule has 0 aliphatic heterocycles. The molecule has 1 nitrogen and oxygen atoms in total. The lowest BCUT2D eigenvalue weighted by Crippen LogP contribution is -2.92. The maximum absolute atomic E-state index is 14.0. The van der Waals surface area contributed by atoms with Crippen LogP contribution in [0.1, 0.15) is 19.3 Å². The van der Waals surface area contributed by atoms with E-state index >= 15 is 0 Å². The van der Waals surface area contributed by atoms with E-state index in [0.717, 1.165) is 0 Å². The number of alkyl halides is 9. The first kappa shape index (κ1) is 14.3. The van der Waals surface area contributed by atoms with E-state index in [-0.39, 0.29) is 0 Å². The first-order chi connectivity index (χ1) is 8.62. The van der Waals surface area contributed by atoms with Gasteiger partial charge in [0.1, 0.15) is 5.60 Å². The maximum atomic E-state index is 14.0. The molecule has 4 bridgehead atoms. The molecule has 116 valence electrons. The molecule has 0 spiro atoms. The normalized spacial score (nSPS) is 57.9. The van der Waals surface area contributed by atoms with E-state index in [1.54, 1.807) is 0 Å². The molecule has 4 fully saturated rings. The van der Waals surface area contributed by atoms with Gasteiger partial charge in [-0.05, 0) is 0 Å². The summed E-state index contributed by atoms with van der Waals surface area (Å²) in [4.78, 5) is 0. The lowest BCUT2D eigenvalue weighted by Gasteiger charge is -2.68. The molecule has 20 heavy (non-hydrogen) atoms. The molecule has 4 atom stereocenters. The fourth-order valence-corrected chi connectivity index (χ4v) is 3.70. The van der Waals surface area contributed by atoms with Crippen molar-refractivity contribution in [3.63, 3.8) is 0 Å². The van der Waals surface area contributed by atoms with Crippen molar-refractivity contribution in [2.75, 3.05) is 0 Å². The van der Waals surface area contributed by atoms with Gasteiger partial charge in [0, 0.05) is 19.3 Å². The Morgan fingerprint density at radius 2 is 1.00 bits per heavy atom. The zero-order valence-electron chi connectivity index (χ0n) is 9.47. The van der Waals surface area contributed by atoms with Gasteiger partial charge < -0.3 is 5.11 Å². The molecule has 10 heteroatoms. The first-order valence-electron chi connectivity index (χ1n) is 5.55. The molecular formula is C10H7F9O. The van der Waals surface area contributed by atoms with E-state index in [9.17, 15) is 44.6 Å². The Labute approximate surface area is 105 Å². The molecule has 0 heterocycles. The second-order valence-electron chi connectivity index (χ2n) is 5.85. The van der Waals surface area contributed by atoms with Gasteiger partial charge in [0.15, 0.2) is 5.67 Å². The summed E-state index contributed by atoms with van der Waals surface area (Å²) in [6.07, 6.45) is -7.03. The summed E-state index contributed by atoms with van der Waals surface area (Å²) in [5.74, 6) is -16.5. The van der Waals surface area contributed by atoms with Gasteiger partial charge in [0.05, 0.1) is 0 Å². The van der Waals surface area contributed by atoms with Crippen LogP contribution in [0.2, 0.25) is 0 Å². The predicted octanol–water partition coefficient (Wildman–Crippen LogP) is 2.96. The van der Waals surface area contributed by atoms with Crippen LogP contribution in [-0.4, -0.2) is 45.5 Å². The molecule has 4 aliphatic carbocycles. The summed E-state index contributed by atoms with van der Waals surface area (Å²) in [6.45, 7) is 0. The maximum Gasteiger partial charge on any atom is 0.327 e. The van der Waals surface area contributed by atoms with Gasteiger partial charge in [-0.2, -0.15) is 26.3 Å². The van der Waals surface area contributed by atoms with Crippen LogP contribution in [0.5, 0.6) is 0 Å². The van der Waals surface area contributed by atoms with Crippen molar-refractivity contribution < 1.29 is 44.6 Å². The zero-order chi connectivity index (χ0) is 15.6. The molecule has 4 aliphatic rings. The third-order valence-electron chi connectivity index (χ3n) is 4.77. The van der Waals surface area contributed by atoms with Crippen LogP contribution < -0.4 is 0 Å². The molecule has 4 saturated carbocycles. The van der Waals surface area contributed by atoms with Gasteiger partial charge >= 0.3 is 17.8 Å². The summed E-state index contributed by atoms with van der Waals surface area (Å²) >= 11 is 0. The topological polar surface area (TPSA) is 20.2 Å². The highest BCUT2D eigenvalue weighted by Crippen LogP contribution is 2.78. The predicted molar refractivity (Wildman–Crippen MR) is 45.2 cm³/mol. The summed E-state index contributed by atoms with van der Waals surface area (Å²) in [7, 11) is 0. The second kappa shape index (κ2) is 2.80. The molecule has 0 aromatic rings. The molecule has 0 aromatic heterocycles. The Balaban J connectivity index is 2.36. The standard InChI is InChI=1S/C10H7F9O/c11-4-1-5(20)3-7(13,8(4,14)15)10(18,19)6(12,2-4)9(5,16)17/h20H,1-3H2/t4-,5-,6-,7-/m0/s1. The Bertz CT molecular complexity index is 465. The zero-order valence-corrected chi connectivity index (χ0v) is 9.47. The quantitative estimate of drug-likeness (QED) is 0.682. The molecule has 1 N–H and O–H groups in total. The minimum atomic E-state index is -5.84. The average Bonchev–Trinajstić information content (AvgIpc) is 2.22. The van der Waals surface area contributed by atoms with E-state index in [4.69, 9.17) is 0 Å².